The van der Waals surface area contributed by atoms with Crippen LogP contribution in [0.1, 0.15) is 66.7 Å². The van der Waals surface area contributed by atoms with Crippen molar-refractivity contribution in [2.45, 2.75) is 66.0 Å². The summed E-state index contributed by atoms with van der Waals surface area (Å²) in [7, 11) is 0. The summed E-state index contributed by atoms with van der Waals surface area (Å²) in [4.78, 5) is 7.68. The summed E-state index contributed by atoms with van der Waals surface area (Å²) >= 11 is 3.64. The number of thiazole rings is 1. The standard InChI is InChI=1S/C17H26N2S2/c1-10(2)18-15(13-8-11(3)21-12(13)4)16-19-14(9-20-16)17(5,6)7/h8-10,15,18H,1-7H3. The van der Waals surface area contributed by atoms with Gasteiger partial charge in [0.1, 0.15) is 5.01 Å². The van der Waals surface area contributed by atoms with Crippen LogP contribution in [0.25, 0.3) is 0 Å². The molecule has 1 atom stereocenters. The maximum atomic E-state index is 4.92. The van der Waals surface area contributed by atoms with E-state index in [4.69, 9.17) is 4.98 Å². The molecular weight excluding hydrogens is 296 g/mol. The van der Waals surface area contributed by atoms with E-state index < -0.39 is 0 Å². The van der Waals surface area contributed by atoms with Crippen molar-refractivity contribution in [3.05, 3.63) is 37.5 Å². The van der Waals surface area contributed by atoms with Crippen molar-refractivity contribution in [3.8, 4) is 0 Å². The number of nitrogens with zero attached hydrogens (tertiary/aromatic N) is 1. The lowest BCUT2D eigenvalue weighted by atomic mass is 9.93. The minimum absolute atomic E-state index is 0.108. The minimum Gasteiger partial charge on any atom is -0.302 e. The molecule has 0 bridgehead atoms. The number of hydrogen-bond donors (Lipinski definition) is 1. The van der Waals surface area contributed by atoms with Gasteiger partial charge in [0.05, 0.1) is 11.7 Å². The van der Waals surface area contributed by atoms with E-state index in [-0.39, 0.29) is 11.5 Å². The zero-order valence-corrected chi connectivity index (χ0v) is 15.7. The first-order chi connectivity index (χ1) is 9.68. The van der Waals surface area contributed by atoms with Crippen LogP contribution in [0.15, 0.2) is 11.4 Å². The summed E-state index contributed by atoms with van der Waals surface area (Å²) in [6, 6.07) is 2.94. The third-order valence-electron chi connectivity index (χ3n) is 3.43. The number of rotatable bonds is 4. The van der Waals surface area contributed by atoms with E-state index in [1.54, 1.807) is 11.3 Å². The quantitative estimate of drug-likeness (QED) is 0.836. The number of nitrogens with one attached hydrogen (secondary N) is 1. The van der Waals surface area contributed by atoms with Crippen LogP contribution in [0, 0.1) is 13.8 Å². The molecule has 4 heteroatoms. The molecule has 2 aromatic rings. The predicted octanol–water partition coefficient (Wildman–Crippen LogP) is 5.21. The zero-order chi connectivity index (χ0) is 15.8. The number of aromatic nitrogens is 1. The third-order valence-corrected chi connectivity index (χ3v) is 5.32. The van der Waals surface area contributed by atoms with Crippen molar-refractivity contribution >= 4 is 22.7 Å². The highest BCUT2D eigenvalue weighted by molar-refractivity contribution is 7.12. The van der Waals surface area contributed by atoms with Gasteiger partial charge in [-0.25, -0.2) is 4.98 Å². The van der Waals surface area contributed by atoms with E-state index in [0.717, 1.165) is 0 Å². The predicted molar refractivity (Wildman–Crippen MR) is 94.7 cm³/mol. The van der Waals surface area contributed by atoms with Crippen molar-refractivity contribution in [1.29, 1.82) is 0 Å². The van der Waals surface area contributed by atoms with Gasteiger partial charge in [0.2, 0.25) is 0 Å². The van der Waals surface area contributed by atoms with Crippen molar-refractivity contribution in [2.75, 3.05) is 0 Å². The van der Waals surface area contributed by atoms with Gasteiger partial charge in [-0.2, -0.15) is 0 Å². The van der Waals surface area contributed by atoms with E-state index in [2.05, 4.69) is 65.2 Å². The van der Waals surface area contributed by atoms with Gasteiger partial charge >= 0.3 is 0 Å². The van der Waals surface area contributed by atoms with Crippen LogP contribution in [0.4, 0.5) is 0 Å². The Kier molecular flexibility index (Phi) is 4.91. The SMILES string of the molecule is Cc1cc(C(NC(C)C)c2nc(C(C)(C)C)cs2)c(C)s1. The van der Waals surface area contributed by atoms with Crippen molar-refractivity contribution in [3.63, 3.8) is 0 Å². The summed E-state index contributed by atoms with van der Waals surface area (Å²) in [6.07, 6.45) is 0. The Labute approximate surface area is 136 Å². The van der Waals surface area contributed by atoms with Gasteiger partial charge in [0.25, 0.3) is 0 Å². The molecule has 0 spiro atoms. The Hall–Kier alpha value is -0.710. The molecule has 0 saturated heterocycles. The average Bonchev–Trinajstić information content (AvgIpc) is 2.92. The summed E-state index contributed by atoms with van der Waals surface area (Å²) in [6.45, 7) is 15.4. The second kappa shape index (κ2) is 6.19. The van der Waals surface area contributed by atoms with Gasteiger partial charge < -0.3 is 5.32 Å². The Morgan fingerprint density at radius 2 is 1.86 bits per heavy atom. The number of hydrogen-bond acceptors (Lipinski definition) is 4. The minimum atomic E-state index is 0.108. The molecule has 2 heterocycles. The monoisotopic (exact) mass is 322 g/mol. The largest absolute Gasteiger partial charge is 0.302 e. The Morgan fingerprint density at radius 3 is 2.29 bits per heavy atom. The molecule has 0 amide bonds. The summed E-state index contributed by atoms with van der Waals surface area (Å²) in [5.41, 5.74) is 2.67. The summed E-state index contributed by atoms with van der Waals surface area (Å²) < 4.78 is 0. The van der Waals surface area contributed by atoms with Crippen LogP contribution in [0.3, 0.4) is 0 Å². The number of thiophene rings is 1. The van der Waals surface area contributed by atoms with E-state index in [1.165, 1.54) is 26.0 Å². The van der Waals surface area contributed by atoms with Gasteiger partial charge in [-0.15, -0.1) is 22.7 Å². The first-order valence-electron chi connectivity index (χ1n) is 7.47. The fourth-order valence-corrected chi connectivity index (χ4v) is 4.41. The van der Waals surface area contributed by atoms with E-state index >= 15 is 0 Å². The Morgan fingerprint density at radius 1 is 1.19 bits per heavy atom. The van der Waals surface area contributed by atoms with E-state index in [0.29, 0.717) is 6.04 Å². The maximum Gasteiger partial charge on any atom is 0.114 e. The van der Waals surface area contributed by atoms with Crippen LogP contribution in [-0.4, -0.2) is 11.0 Å². The average molecular weight is 323 g/mol. The molecule has 0 saturated carbocycles. The highest BCUT2D eigenvalue weighted by atomic mass is 32.1. The number of aryl methyl sites for hydroxylation is 2. The molecule has 2 rings (SSSR count). The van der Waals surface area contributed by atoms with E-state index in [9.17, 15) is 0 Å². The lowest BCUT2D eigenvalue weighted by Gasteiger charge is -2.20. The Balaban J connectivity index is 2.41. The van der Waals surface area contributed by atoms with Crippen molar-refractivity contribution in [2.24, 2.45) is 0 Å². The third kappa shape index (κ3) is 3.93. The van der Waals surface area contributed by atoms with Crippen LogP contribution in [0.2, 0.25) is 0 Å². The van der Waals surface area contributed by atoms with Crippen LogP contribution >= 0.6 is 22.7 Å². The van der Waals surface area contributed by atoms with Crippen LogP contribution < -0.4 is 5.32 Å². The fraction of sp³-hybridized carbons (Fsp3) is 0.588. The molecule has 0 radical (unpaired) electrons. The molecule has 2 nitrogen and oxygen atoms in total. The summed E-state index contributed by atoms with van der Waals surface area (Å²) in [5, 5.41) is 7.07. The van der Waals surface area contributed by atoms with Crippen LogP contribution in [0.5, 0.6) is 0 Å². The van der Waals surface area contributed by atoms with Gasteiger partial charge in [0.15, 0.2) is 0 Å². The second-order valence-corrected chi connectivity index (χ2v) is 9.29. The lowest BCUT2D eigenvalue weighted by molar-refractivity contribution is 0.519. The van der Waals surface area contributed by atoms with Gasteiger partial charge in [-0.05, 0) is 39.3 Å². The molecule has 116 valence electrons. The first kappa shape index (κ1) is 16.7. The normalized spacial score (nSPS) is 13.9. The molecule has 0 aliphatic heterocycles. The highest BCUT2D eigenvalue weighted by Crippen LogP contribution is 2.34. The van der Waals surface area contributed by atoms with Gasteiger partial charge in [-0.1, -0.05) is 20.8 Å². The van der Waals surface area contributed by atoms with Crippen LogP contribution in [-0.2, 0) is 5.41 Å². The molecule has 21 heavy (non-hydrogen) atoms. The summed E-state index contributed by atoms with van der Waals surface area (Å²) in [5.74, 6) is 0. The molecule has 0 aliphatic rings. The molecule has 0 fully saturated rings. The molecule has 1 unspecified atom stereocenters. The second-order valence-electron chi connectivity index (χ2n) is 6.94. The van der Waals surface area contributed by atoms with E-state index in [1.807, 2.05) is 11.3 Å². The first-order valence-corrected chi connectivity index (χ1v) is 9.17. The molecule has 0 aliphatic carbocycles. The molecule has 0 aromatic carbocycles. The fourth-order valence-electron chi connectivity index (χ4n) is 2.33. The van der Waals surface area contributed by atoms with Crippen molar-refractivity contribution < 1.29 is 0 Å². The zero-order valence-electron chi connectivity index (χ0n) is 14.1. The smallest absolute Gasteiger partial charge is 0.114 e. The molecule has 1 N–H and O–H groups in total. The topological polar surface area (TPSA) is 24.9 Å². The van der Waals surface area contributed by atoms with Gasteiger partial charge in [-0.3, -0.25) is 0 Å². The highest BCUT2D eigenvalue weighted by Gasteiger charge is 2.24. The molecular formula is C17H26N2S2. The maximum absolute atomic E-state index is 4.92. The Bertz CT molecular complexity index is 603. The van der Waals surface area contributed by atoms with Gasteiger partial charge in [0, 0.05) is 26.6 Å². The lowest BCUT2D eigenvalue weighted by Crippen LogP contribution is -2.29. The molecule has 2 aromatic heterocycles. The van der Waals surface area contributed by atoms with Crippen molar-refractivity contribution in [1.82, 2.24) is 10.3 Å².